The van der Waals surface area contributed by atoms with Crippen LogP contribution in [0.1, 0.15) is 36.2 Å². The summed E-state index contributed by atoms with van der Waals surface area (Å²) in [5, 5.41) is 6.66. The van der Waals surface area contributed by atoms with E-state index in [9.17, 15) is 4.79 Å². The Morgan fingerprint density at radius 3 is 2.50 bits per heavy atom. The number of hydrogen-bond acceptors (Lipinski definition) is 3. The van der Waals surface area contributed by atoms with E-state index in [4.69, 9.17) is 11.6 Å². The fraction of sp³-hybridized carbons (Fsp3) is 0.238. The second kappa shape index (κ2) is 8.47. The van der Waals surface area contributed by atoms with Crippen LogP contribution in [0.3, 0.4) is 0 Å². The zero-order valence-electron chi connectivity index (χ0n) is 14.8. The van der Waals surface area contributed by atoms with E-state index in [0.717, 1.165) is 28.2 Å². The Labute approximate surface area is 163 Å². The molecule has 0 fully saturated rings. The lowest BCUT2D eigenvalue weighted by Gasteiger charge is -2.17. The molecule has 0 spiro atoms. The number of halogens is 1. The number of amides is 1. The lowest BCUT2D eigenvalue weighted by atomic mass is 10.0. The number of aryl methyl sites for hydroxylation is 1. The number of nitrogens with zero attached hydrogens (tertiary/aromatic N) is 1. The van der Waals surface area contributed by atoms with Crippen LogP contribution in [0.25, 0.3) is 10.6 Å². The SMILES string of the molecule is CCC(NC(=O)Cc1csc(-c2ccc(Cl)cc2)n1)c1ccc(C)cc1. The van der Waals surface area contributed by atoms with Crippen LogP contribution in [0.15, 0.2) is 53.9 Å². The number of nitrogens with one attached hydrogen (secondary N) is 1. The number of thiazole rings is 1. The summed E-state index contributed by atoms with van der Waals surface area (Å²) in [4.78, 5) is 17.0. The molecule has 5 heteroatoms. The fourth-order valence-corrected chi connectivity index (χ4v) is 3.69. The normalized spacial score (nSPS) is 12.0. The number of aromatic nitrogens is 1. The predicted octanol–water partition coefficient (Wildman–Crippen LogP) is 5.58. The second-order valence-corrected chi connectivity index (χ2v) is 7.56. The van der Waals surface area contributed by atoms with Crippen LogP contribution in [0, 0.1) is 6.92 Å². The second-order valence-electron chi connectivity index (χ2n) is 6.27. The summed E-state index contributed by atoms with van der Waals surface area (Å²) in [6, 6.07) is 15.9. The number of carbonyl (C=O) groups excluding carboxylic acids is 1. The zero-order chi connectivity index (χ0) is 18.5. The Morgan fingerprint density at radius 1 is 1.15 bits per heavy atom. The zero-order valence-corrected chi connectivity index (χ0v) is 16.4. The summed E-state index contributed by atoms with van der Waals surface area (Å²) in [5.41, 5.74) is 4.15. The van der Waals surface area contributed by atoms with Gasteiger partial charge in [-0.05, 0) is 31.0 Å². The van der Waals surface area contributed by atoms with Crippen molar-refractivity contribution in [2.24, 2.45) is 0 Å². The smallest absolute Gasteiger partial charge is 0.226 e. The lowest BCUT2D eigenvalue weighted by molar-refractivity contribution is -0.121. The van der Waals surface area contributed by atoms with Crippen LogP contribution in [-0.4, -0.2) is 10.9 Å². The molecule has 1 amide bonds. The molecule has 0 saturated heterocycles. The van der Waals surface area contributed by atoms with E-state index in [0.29, 0.717) is 5.02 Å². The van der Waals surface area contributed by atoms with Crippen LogP contribution in [0.5, 0.6) is 0 Å². The van der Waals surface area contributed by atoms with Crippen LogP contribution in [0.2, 0.25) is 5.02 Å². The molecule has 2 aromatic carbocycles. The van der Waals surface area contributed by atoms with Gasteiger partial charge in [-0.25, -0.2) is 4.98 Å². The molecule has 0 bridgehead atoms. The average Bonchev–Trinajstić information content (AvgIpc) is 3.09. The number of rotatable bonds is 6. The van der Waals surface area contributed by atoms with E-state index < -0.39 is 0 Å². The van der Waals surface area contributed by atoms with Gasteiger partial charge >= 0.3 is 0 Å². The summed E-state index contributed by atoms with van der Waals surface area (Å²) in [6.07, 6.45) is 1.13. The minimum atomic E-state index is -0.00891. The number of hydrogen-bond donors (Lipinski definition) is 1. The van der Waals surface area contributed by atoms with E-state index in [1.165, 1.54) is 16.9 Å². The van der Waals surface area contributed by atoms with Crippen LogP contribution < -0.4 is 5.32 Å². The highest BCUT2D eigenvalue weighted by atomic mass is 35.5. The van der Waals surface area contributed by atoms with Gasteiger partial charge in [0, 0.05) is 16.0 Å². The lowest BCUT2D eigenvalue weighted by Crippen LogP contribution is -2.29. The van der Waals surface area contributed by atoms with Gasteiger partial charge in [0.25, 0.3) is 0 Å². The molecule has 26 heavy (non-hydrogen) atoms. The molecule has 0 aliphatic heterocycles. The Balaban J connectivity index is 1.64. The molecule has 1 aromatic heterocycles. The summed E-state index contributed by atoms with van der Waals surface area (Å²) in [7, 11) is 0. The van der Waals surface area contributed by atoms with Gasteiger partial charge in [0.05, 0.1) is 18.2 Å². The topological polar surface area (TPSA) is 42.0 Å². The number of benzene rings is 2. The Hall–Kier alpha value is -2.17. The van der Waals surface area contributed by atoms with Gasteiger partial charge in [0.15, 0.2) is 0 Å². The van der Waals surface area contributed by atoms with E-state index in [1.54, 1.807) is 0 Å². The quantitative estimate of drug-likeness (QED) is 0.602. The van der Waals surface area contributed by atoms with E-state index in [-0.39, 0.29) is 18.4 Å². The maximum atomic E-state index is 12.4. The monoisotopic (exact) mass is 384 g/mol. The highest BCUT2D eigenvalue weighted by molar-refractivity contribution is 7.13. The highest BCUT2D eigenvalue weighted by Crippen LogP contribution is 2.25. The van der Waals surface area contributed by atoms with Crippen molar-refractivity contribution in [2.45, 2.75) is 32.7 Å². The van der Waals surface area contributed by atoms with Crippen LogP contribution in [-0.2, 0) is 11.2 Å². The van der Waals surface area contributed by atoms with E-state index in [1.807, 2.05) is 29.6 Å². The van der Waals surface area contributed by atoms with Crippen molar-refractivity contribution < 1.29 is 4.79 Å². The van der Waals surface area contributed by atoms with Gasteiger partial charge in [-0.1, -0.05) is 60.5 Å². The Kier molecular flexibility index (Phi) is 6.07. The maximum Gasteiger partial charge on any atom is 0.226 e. The molecule has 3 aromatic rings. The minimum absolute atomic E-state index is 0.00891. The third kappa shape index (κ3) is 4.71. The Bertz CT molecular complexity index is 872. The van der Waals surface area contributed by atoms with Crippen molar-refractivity contribution in [2.75, 3.05) is 0 Å². The molecule has 0 aliphatic rings. The van der Waals surface area contributed by atoms with Gasteiger partial charge in [-0.15, -0.1) is 11.3 Å². The van der Waals surface area contributed by atoms with Crippen molar-refractivity contribution in [3.05, 3.63) is 75.8 Å². The highest BCUT2D eigenvalue weighted by Gasteiger charge is 2.14. The molecule has 0 aliphatic carbocycles. The van der Waals surface area contributed by atoms with Gasteiger partial charge < -0.3 is 5.32 Å². The molecule has 3 rings (SSSR count). The fourth-order valence-electron chi connectivity index (χ4n) is 2.74. The Morgan fingerprint density at radius 2 is 1.85 bits per heavy atom. The molecule has 1 heterocycles. The molecule has 3 nitrogen and oxygen atoms in total. The van der Waals surface area contributed by atoms with E-state index >= 15 is 0 Å². The van der Waals surface area contributed by atoms with Gasteiger partial charge in [0.2, 0.25) is 5.91 Å². The molecule has 1 atom stereocenters. The molecular weight excluding hydrogens is 364 g/mol. The first kappa shape index (κ1) is 18.6. The van der Waals surface area contributed by atoms with Crippen molar-refractivity contribution in [1.29, 1.82) is 0 Å². The van der Waals surface area contributed by atoms with Gasteiger partial charge in [-0.2, -0.15) is 0 Å². The summed E-state index contributed by atoms with van der Waals surface area (Å²) in [6.45, 7) is 4.14. The predicted molar refractivity (Wildman–Crippen MR) is 109 cm³/mol. The third-order valence-electron chi connectivity index (χ3n) is 4.21. The van der Waals surface area contributed by atoms with Gasteiger partial charge in [0.1, 0.15) is 5.01 Å². The van der Waals surface area contributed by atoms with Crippen molar-refractivity contribution >= 4 is 28.8 Å². The first-order valence-electron chi connectivity index (χ1n) is 8.61. The molecule has 1 N–H and O–H groups in total. The summed E-state index contributed by atoms with van der Waals surface area (Å²) < 4.78 is 0. The van der Waals surface area contributed by atoms with E-state index in [2.05, 4.69) is 48.4 Å². The first-order chi connectivity index (χ1) is 12.5. The van der Waals surface area contributed by atoms with Crippen LogP contribution in [0.4, 0.5) is 0 Å². The largest absolute Gasteiger partial charge is 0.349 e. The van der Waals surface area contributed by atoms with Gasteiger partial charge in [-0.3, -0.25) is 4.79 Å². The molecule has 0 saturated carbocycles. The van der Waals surface area contributed by atoms with Crippen molar-refractivity contribution in [3.63, 3.8) is 0 Å². The summed E-state index contributed by atoms with van der Waals surface area (Å²) in [5.74, 6) is -0.00891. The first-order valence-corrected chi connectivity index (χ1v) is 9.87. The molecule has 1 unspecified atom stereocenters. The van der Waals surface area contributed by atoms with Crippen molar-refractivity contribution in [3.8, 4) is 10.6 Å². The summed E-state index contributed by atoms with van der Waals surface area (Å²) >= 11 is 7.46. The molecule has 134 valence electrons. The molecule has 0 radical (unpaired) electrons. The molecular formula is C21H21ClN2OS. The average molecular weight is 385 g/mol. The third-order valence-corrected chi connectivity index (χ3v) is 5.40. The number of carbonyl (C=O) groups is 1. The minimum Gasteiger partial charge on any atom is -0.349 e. The maximum absolute atomic E-state index is 12.4. The standard InChI is InChI=1S/C21H21ClN2OS/c1-3-19(15-6-4-14(2)5-7-15)24-20(25)12-18-13-26-21(23-18)16-8-10-17(22)11-9-16/h4-11,13,19H,3,12H2,1-2H3,(H,24,25). The van der Waals surface area contributed by atoms with Crippen LogP contribution >= 0.6 is 22.9 Å². The van der Waals surface area contributed by atoms with Crippen molar-refractivity contribution in [1.82, 2.24) is 10.3 Å².